The van der Waals surface area contributed by atoms with E-state index >= 15 is 0 Å². The molecule has 6 nitrogen and oxygen atoms in total. The van der Waals surface area contributed by atoms with Gasteiger partial charge >= 0.3 is 0 Å². The monoisotopic (exact) mass is 302 g/mol. The molecule has 0 aromatic heterocycles. The summed E-state index contributed by atoms with van der Waals surface area (Å²) in [6.45, 7) is 0. The molecule has 1 heterocycles. The van der Waals surface area contributed by atoms with Crippen LogP contribution >= 0.6 is 0 Å². The molecule has 2 aromatic carbocycles. The molecule has 0 radical (unpaired) electrons. The minimum absolute atomic E-state index is 0.0142. The van der Waals surface area contributed by atoms with Crippen LogP contribution in [0, 0.1) is 0 Å². The predicted octanol–water partition coefficient (Wildman–Crippen LogP) is 2.13. The van der Waals surface area contributed by atoms with Crippen LogP contribution in [0.25, 0.3) is 0 Å². The first kappa shape index (κ1) is 14.2. The molecular weight excluding hydrogens is 288 g/mol. The van der Waals surface area contributed by atoms with Gasteiger partial charge in [0.1, 0.15) is 28.6 Å². The van der Waals surface area contributed by atoms with E-state index < -0.39 is 18.0 Å². The fraction of sp³-hybridized carbons (Fsp3) is 0.188. The lowest BCUT2D eigenvalue weighted by Crippen LogP contribution is -2.37. The quantitative estimate of drug-likeness (QED) is 0.786. The van der Waals surface area contributed by atoms with Crippen molar-refractivity contribution >= 4 is 5.78 Å². The molecule has 0 spiro atoms. The molecule has 0 saturated heterocycles. The van der Waals surface area contributed by atoms with Gasteiger partial charge in [0.2, 0.25) is 5.78 Å². The number of phenolic OH excluding ortho intramolecular Hbond substituents is 3. The molecule has 22 heavy (non-hydrogen) atoms. The Morgan fingerprint density at radius 1 is 1.05 bits per heavy atom. The summed E-state index contributed by atoms with van der Waals surface area (Å²) in [6.07, 6.45) is -1.68. The standard InChI is InChI=1S/C16H14O6/c1-21-16-14(20)13-11(19)6-10(18)7-12(13)22-15(16)8-2-4-9(17)5-3-8/h2-7,15-19H,1H3/t15-,16-/m1/s1. The van der Waals surface area contributed by atoms with Crippen molar-refractivity contribution in [2.24, 2.45) is 0 Å². The van der Waals surface area contributed by atoms with Crippen LogP contribution in [0.15, 0.2) is 36.4 Å². The van der Waals surface area contributed by atoms with Gasteiger partial charge in [0, 0.05) is 19.2 Å². The number of carbonyl (C=O) groups excluding carboxylic acids is 1. The van der Waals surface area contributed by atoms with Gasteiger partial charge in [-0.05, 0) is 17.7 Å². The molecule has 2 aromatic rings. The summed E-state index contributed by atoms with van der Waals surface area (Å²) < 4.78 is 11.0. The van der Waals surface area contributed by atoms with Crippen LogP contribution in [-0.2, 0) is 4.74 Å². The topological polar surface area (TPSA) is 96.2 Å². The number of hydrogen-bond acceptors (Lipinski definition) is 6. The maximum absolute atomic E-state index is 12.5. The molecule has 0 bridgehead atoms. The molecule has 0 saturated carbocycles. The number of methoxy groups -OCH3 is 1. The normalized spacial score (nSPS) is 20.3. The van der Waals surface area contributed by atoms with Gasteiger partial charge in [-0.25, -0.2) is 0 Å². The van der Waals surface area contributed by atoms with Gasteiger partial charge in [-0.3, -0.25) is 4.79 Å². The predicted molar refractivity (Wildman–Crippen MR) is 76.4 cm³/mol. The van der Waals surface area contributed by atoms with Gasteiger partial charge in [0.25, 0.3) is 0 Å². The third kappa shape index (κ3) is 2.23. The molecule has 3 rings (SSSR count). The number of hydrogen-bond donors (Lipinski definition) is 3. The van der Waals surface area contributed by atoms with E-state index in [-0.39, 0.29) is 28.6 Å². The lowest BCUT2D eigenvalue weighted by atomic mass is 9.92. The second kappa shape index (κ2) is 5.23. The molecule has 0 aliphatic carbocycles. The van der Waals surface area contributed by atoms with Crippen molar-refractivity contribution in [3.8, 4) is 23.0 Å². The summed E-state index contributed by atoms with van der Waals surface area (Å²) in [5.74, 6) is -0.806. The van der Waals surface area contributed by atoms with Crippen molar-refractivity contribution in [3.63, 3.8) is 0 Å². The second-order valence-corrected chi connectivity index (χ2v) is 4.99. The first-order valence-corrected chi connectivity index (χ1v) is 6.60. The minimum atomic E-state index is -0.938. The van der Waals surface area contributed by atoms with Crippen LogP contribution < -0.4 is 4.74 Å². The first-order chi connectivity index (χ1) is 10.5. The number of Topliss-reactive ketones (excluding diaryl/α,β-unsaturated/α-hetero) is 1. The highest BCUT2D eigenvalue weighted by molar-refractivity contribution is 6.05. The minimum Gasteiger partial charge on any atom is -0.508 e. The molecule has 0 unspecified atom stereocenters. The molecular formula is C16H14O6. The molecule has 1 aliphatic rings. The highest BCUT2D eigenvalue weighted by atomic mass is 16.5. The zero-order valence-electron chi connectivity index (χ0n) is 11.7. The molecule has 0 amide bonds. The summed E-state index contributed by atoms with van der Waals surface area (Å²) in [4.78, 5) is 12.5. The van der Waals surface area contributed by atoms with Crippen molar-refractivity contribution < 1.29 is 29.6 Å². The van der Waals surface area contributed by atoms with E-state index in [0.29, 0.717) is 5.56 Å². The van der Waals surface area contributed by atoms with E-state index in [0.717, 1.165) is 6.07 Å². The lowest BCUT2D eigenvalue weighted by Gasteiger charge is -2.32. The van der Waals surface area contributed by atoms with E-state index in [1.165, 1.54) is 25.3 Å². The molecule has 0 fully saturated rings. The van der Waals surface area contributed by atoms with Crippen LogP contribution in [0.2, 0.25) is 0 Å². The zero-order chi connectivity index (χ0) is 15.9. The zero-order valence-corrected chi connectivity index (χ0v) is 11.7. The highest BCUT2D eigenvalue weighted by Gasteiger charge is 2.40. The van der Waals surface area contributed by atoms with E-state index in [1.54, 1.807) is 12.1 Å². The maximum atomic E-state index is 12.5. The van der Waals surface area contributed by atoms with Gasteiger partial charge in [0.05, 0.1) is 0 Å². The number of phenols is 3. The second-order valence-electron chi connectivity index (χ2n) is 4.99. The summed E-state index contributed by atoms with van der Waals surface area (Å²) >= 11 is 0. The third-order valence-electron chi connectivity index (χ3n) is 3.58. The summed E-state index contributed by atoms with van der Waals surface area (Å²) in [5.41, 5.74) is 0.617. The van der Waals surface area contributed by atoms with Crippen LogP contribution in [0.3, 0.4) is 0 Å². The Labute approximate surface area is 126 Å². The van der Waals surface area contributed by atoms with Gasteiger partial charge in [-0.1, -0.05) is 12.1 Å². The number of fused-ring (bicyclic) bond motifs is 1. The van der Waals surface area contributed by atoms with Crippen molar-refractivity contribution in [2.45, 2.75) is 12.2 Å². The van der Waals surface area contributed by atoms with E-state index in [9.17, 15) is 20.1 Å². The van der Waals surface area contributed by atoms with Crippen LogP contribution in [0.1, 0.15) is 22.0 Å². The Kier molecular flexibility index (Phi) is 3.38. The van der Waals surface area contributed by atoms with Crippen LogP contribution in [0.4, 0.5) is 0 Å². The number of aromatic hydroxyl groups is 3. The Hall–Kier alpha value is -2.73. The fourth-order valence-electron chi connectivity index (χ4n) is 2.54. The Morgan fingerprint density at radius 3 is 2.36 bits per heavy atom. The Bertz CT molecular complexity index is 722. The van der Waals surface area contributed by atoms with Gasteiger partial charge in [0.15, 0.2) is 12.2 Å². The van der Waals surface area contributed by atoms with Gasteiger partial charge in [-0.15, -0.1) is 0 Å². The first-order valence-electron chi connectivity index (χ1n) is 6.60. The van der Waals surface area contributed by atoms with E-state index in [1.807, 2.05) is 0 Å². The molecule has 2 atom stereocenters. The fourth-order valence-corrected chi connectivity index (χ4v) is 2.54. The van der Waals surface area contributed by atoms with Crippen molar-refractivity contribution in [1.29, 1.82) is 0 Å². The summed E-state index contributed by atoms with van der Waals surface area (Å²) in [7, 11) is 1.38. The SMILES string of the molecule is CO[C@@H]1C(=O)c2c(O)cc(O)cc2O[C@@H]1c1ccc(O)cc1. The number of carbonyl (C=O) groups is 1. The van der Waals surface area contributed by atoms with Crippen LogP contribution in [-0.4, -0.2) is 34.3 Å². The van der Waals surface area contributed by atoms with Crippen LogP contribution in [0.5, 0.6) is 23.0 Å². The summed E-state index contributed by atoms with van der Waals surface area (Å²) in [5, 5.41) is 28.8. The average molecular weight is 302 g/mol. The molecule has 6 heteroatoms. The largest absolute Gasteiger partial charge is 0.508 e. The van der Waals surface area contributed by atoms with Crippen molar-refractivity contribution in [2.75, 3.05) is 7.11 Å². The smallest absolute Gasteiger partial charge is 0.203 e. The Balaban J connectivity index is 2.09. The molecule has 114 valence electrons. The van der Waals surface area contributed by atoms with Crippen molar-refractivity contribution in [3.05, 3.63) is 47.5 Å². The van der Waals surface area contributed by atoms with Gasteiger partial charge < -0.3 is 24.8 Å². The number of ether oxygens (including phenoxy) is 2. The number of benzene rings is 2. The van der Waals surface area contributed by atoms with E-state index in [4.69, 9.17) is 9.47 Å². The Morgan fingerprint density at radius 2 is 1.73 bits per heavy atom. The number of rotatable bonds is 2. The van der Waals surface area contributed by atoms with E-state index in [2.05, 4.69) is 0 Å². The number of ketones is 1. The summed E-state index contributed by atoms with van der Waals surface area (Å²) in [6, 6.07) is 8.54. The highest BCUT2D eigenvalue weighted by Crippen LogP contribution is 2.42. The maximum Gasteiger partial charge on any atom is 0.203 e. The van der Waals surface area contributed by atoms with Gasteiger partial charge in [-0.2, -0.15) is 0 Å². The lowest BCUT2D eigenvalue weighted by molar-refractivity contribution is -0.00108. The molecule has 3 N–H and O–H groups in total. The molecule has 1 aliphatic heterocycles. The third-order valence-corrected chi connectivity index (χ3v) is 3.58. The average Bonchev–Trinajstić information content (AvgIpc) is 2.47. The van der Waals surface area contributed by atoms with Crippen molar-refractivity contribution in [1.82, 2.24) is 0 Å².